The molecule has 9 nitrogen and oxygen atoms in total. The van der Waals surface area contributed by atoms with E-state index in [1.165, 1.54) is 11.8 Å². The number of amides is 1. The maximum Gasteiger partial charge on any atom is 0.328 e. The van der Waals surface area contributed by atoms with Crippen molar-refractivity contribution in [1.29, 1.82) is 0 Å². The van der Waals surface area contributed by atoms with Crippen LogP contribution >= 0.6 is 11.8 Å². The molecule has 0 radical (unpaired) electrons. The van der Waals surface area contributed by atoms with Crippen LogP contribution in [0.1, 0.15) is 11.4 Å². The predicted octanol–water partition coefficient (Wildman–Crippen LogP) is 3.67. The molecule has 0 unspecified atom stereocenters. The number of thioether (sulfide) groups is 1. The molecule has 1 amide bonds. The summed E-state index contributed by atoms with van der Waals surface area (Å²) in [4.78, 5) is 16.3. The van der Waals surface area contributed by atoms with E-state index in [-0.39, 0.29) is 17.7 Å². The maximum absolute atomic E-state index is 12.3. The van der Waals surface area contributed by atoms with Gasteiger partial charge >= 0.3 is 6.01 Å². The number of rotatable bonds is 7. The molecular formula is C21H20N6O3S. The number of benzene rings is 2. The Kier molecular flexibility index (Phi) is 5.99. The molecule has 31 heavy (non-hydrogen) atoms. The number of hydrogen-bond acceptors (Lipinski definition) is 8. The van der Waals surface area contributed by atoms with E-state index in [1.807, 2.05) is 60.0 Å². The van der Waals surface area contributed by atoms with Crippen LogP contribution < -0.4 is 10.1 Å². The first kappa shape index (κ1) is 20.6. The first-order chi connectivity index (χ1) is 15.0. The second-order valence-corrected chi connectivity index (χ2v) is 7.60. The van der Waals surface area contributed by atoms with Gasteiger partial charge in [0, 0.05) is 5.69 Å². The van der Waals surface area contributed by atoms with Crippen LogP contribution in [-0.2, 0) is 4.79 Å². The van der Waals surface area contributed by atoms with Crippen LogP contribution in [0.15, 0.2) is 58.2 Å². The molecule has 10 heteroatoms. The lowest BCUT2D eigenvalue weighted by atomic mass is 10.1. The minimum absolute atomic E-state index is 0.0674. The van der Waals surface area contributed by atoms with Crippen molar-refractivity contribution in [3.63, 3.8) is 0 Å². The SMILES string of the molecule is COc1ccccc1-c1nnc(SCC(=O)Nc2nc(C)no2)n1-c1ccc(C)cc1. The van der Waals surface area contributed by atoms with Gasteiger partial charge in [0.25, 0.3) is 0 Å². The summed E-state index contributed by atoms with van der Waals surface area (Å²) in [5.41, 5.74) is 2.82. The molecule has 4 aromatic rings. The Labute approximate surface area is 182 Å². The monoisotopic (exact) mass is 436 g/mol. The molecule has 0 saturated heterocycles. The number of carbonyl (C=O) groups excluding carboxylic acids is 1. The summed E-state index contributed by atoms with van der Waals surface area (Å²) in [6, 6.07) is 15.7. The van der Waals surface area contributed by atoms with Crippen molar-refractivity contribution in [3.05, 3.63) is 59.9 Å². The number of hydrogen-bond donors (Lipinski definition) is 1. The van der Waals surface area contributed by atoms with E-state index in [9.17, 15) is 4.79 Å². The Balaban J connectivity index is 1.65. The predicted molar refractivity (Wildman–Crippen MR) is 116 cm³/mol. The number of methoxy groups -OCH3 is 1. The second-order valence-electron chi connectivity index (χ2n) is 6.66. The van der Waals surface area contributed by atoms with E-state index in [0.29, 0.717) is 22.6 Å². The highest BCUT2D eigenvalue weighted by molar-refractivity contribution is 7.99. The van der Waals surface area contributed by atoms with Crippen molar-refractivity contribution in [2.45, 2.75) is 19.0 Å². The molecule has 0 aliphatic rings. The molecule has 1 N–H and O–H groups in total. The zero-order valence-electron chi connectivity index (χ0n) is 17.2. The van der Waals surface area contributed by atoms with Crippen molar-refractivity contribution >= 4 is 23.7 Å². The van der Waals surface area contributed by atoms with Gasteiger partial charge in [0.1, 0.15) is 5.75 Å². The van der Waals surface area contributed by atoms with E-state index in [4.69, 9.17) is 9.26 Å². The van der Waals surface area contributed by atoms with Crippen LogP contribution in [0.2, 0.25) is 0 Å². The summed E-state index contributed by atoms with van der Waals surface area (Å²) in [6.07, 6.45) is 0. The number of nitrogens with one attached hydrogen (secondary N) is 1. The van der Waals surface area contributed by atoms with Crippen LogP contribution in [-0.4, -0.2) is 43.7 Å². The van der Waals surface area contributed by atoms with Gasteiger partial charge in [-0.2, -0.15) is 4.98 Å². The molecule has 0 saturated carbocycles. The Morgan fingerprint density at radius 1 is 1.13 bits per heavy atom. The van der Waals surface area contributed by atoms with Gasteiger partial charge in [-0.25, -0.2) is 0 Å². The third-order valence-corrected chi connectivity index (χ3v) is 5.31. The van der Waals surface area contributed by atoms with Crippen molar-refractivity contribution < 1.29 is 14.1 Å². The van der Waals surface area contributed by atoms with Crippen LogP contribution in [0.4, 0.5) is 6.01 Å². The number of para-hydroxylation sites is 1. The Morgan fingerprint density at radius 3 is 2.61 bits per heavy atom. The fourth-order valence-electron chi connectivity index (χ4n) is 2.93. The fourth-order valence-corrected chi connectivity index (χ4v) is 3.68. The number of carbonyl (C=O) groups is 1. The Bertz CT molecular complexity index is 1200. The quantitative estimate of drug-likeness (QED) is 0.437. The molecule has 4 rings (SSSR count). The molecule has 0 spiro atoms. The van der Waals surface area contributed by atoms with E-state index in [0.717, 1.165) is 16.8 Å². The van der Waals surface area contributed by atoms with Crippen molar-refractivity contribution in [3.8, 4) is 22.8 Å². The highest BCUT2D eigenvalue weighted by Crippen LogP contribution is 2.33. The zero-order chi connectivity index (χ0) is 21.8. The van der Waals surface area contributed by atoms with Crippen molar-refractivity contribution in [1.82, 2.24) is 24.9 Å². The molecule has 0 fully saturated rings. The summed E-state index contributed by atoms with van der Waals surface area (Å²) in [7, 11) is 1.62. The standard InChI is InChI=1S/C21H20N6O3S/c1-13-8-10-15(11-9-13)27-19(16-6-4-5-7-17(16)29-3)24-25-21(27)31-12-18(28)23-20-22-14(2)26-30-20/h4-11H,12H2,1-3H3,(H,22,23,26,28). The van der Waals surface area contributed by atoms with Crippen LogP contribution in [0.3, 0.4) is 0 Å². The fraction of sp³-hybridized carbons (Fsp3) is 0.190. The zero-order valence-corrected chi connectivity index (χ0v) is 18.0. The molecule has 0 bridgehead atoms. The summed E-state index contributed by atoms with van der Waals surface area (Å²) in [5, 5.41) is 15.5. The number of anilines is 1. The molecule has 2 heterocycles. The maximum atomic E-state index is 12.3. The van der Waals surface area contributed by atoms with Gasteiger partial charge in [0.05, 0.1) is 18.4 Å². The van der Waals surface area contributed by atoms with E-state index in [1.54, 1.807) is 14.0 Å². The highest BCUT2D eigenvalue weighted by atomic mass is 32.2. The topological polar surface area (TPSA) is 108 Å². The van der Waals surface area contributed by atoms with Crippen molar-refractivity contribution in [2.75, 3.05) is 18.2 Å². The molecular weight excluding hydrogens is 416 g/mol. The highest BCUT2D eigenvalue weighted by Gasteiger charge is 2.20. The third kappa shape index (κ3) is 4.58. The first-order valence-corrected chi connectivity index (χ1v) is 10.4. The van der Waals surface area contributed by atoms with Gasteiger partial charge in [-0.3, -0.25) is 14.7 Å². The summed E-state index contributed by atoms with van der Waals surface area (Å²) in [5.74, 6) is 1.56. The van der Waals surface area contributed by atoms with Crippen LogP contribution in [0.25, 0.3) is 17.1 Å². The number of nitrogens with zero attached hydrogens (tertiary/aromatic N) is 5. The smallest absolute Gasteiger partial charge is 0.328 e. The van der Waals surface area contributed by atoms with Gasteiger partial charge in [0.2, 0.25) is 5.91 Å². The number of aryl methyl sites for hydroxylation is 2. The lowest BCUT2D eigenvalue weighted by molar-refractivity contribution is -0.114. The minimum Gasteiger partial charge on any atom is -0.496 e. The summed E-state index contributed by atoms with van der Waals surface area (Å²) in [6.45, 7) is 3.70. The summed E-state index contributed by atoms with van der Waals surface area (Å²) >= 11 is 1.26. The third-order valence-electron chi connectivity index (χ3n) is 4.38. The summed E-state index contributed by atoms with van der Waals surface area (Å²) < 4.78 is 12.3. The normalized spacial score (nSPS) is 10.8. The molecule has 2 aromatic heterocycles. The molecule has 0 atom stereocenters. The average Bonchev–Trinajstić information content (AvgIpc) is 3.38. The van der Waals surface area contributed by atoms with Gasteiger partial charge < -0.3 is 9.26 Å². The van der Waals surface area contributed by atoms with Crippen LogP contribution in [0, 0.1) is 13.8 Å². The lowest BCUT2D eigenvalue weighted by Gasteiger charge is -2.12. The van der Waals surface area contributed by atoms with Crippen molar-refractivity contribution in [2.24, 2.45) is 0 Å². The van der Waals surface area contributed by atoms with E-state index >= 15 is 0 Å². The van der Waals surface area contributed by atoms with Gasteiger partial charge in [0.15, 0.2) is 16.8 Å². The lowest BCUT2D eigenvalue weighted by Crippen LogP contribution is -2.14. The molecule has 0 aliphatic heterocycles. The van der Waals surface area contributed by atoms with Gasteiger partial charge in [-0.15, -0.1) is 10.2 Å². The van der Waals surface area contributed by atoms with E-state index in [2.05, 4.69) is 25.7 Å². The molecule has 2 aromatic carbocycles. The second kappa shape index (κ2) is 9.00. The largest absolute Gasteiger partial charge is 0.496 e. The molecule has 0 aliphatic carbocycles. The van der Waals surface area contributed by atoms with Gasteiger partial charge in [-0.1, -0.05) is 46.7 Å². The Hall–Kier alpha value is -3.66. The van der Waals surface area contributed by atoms with Gasteiger partial charge in [-0.05, 0) is 38.1 Å². The molecule has 158 valence electrons. The number of aromatic nitrogens is 5. The van der Waals surface area contributed by atoms with E-state index < -0.39 is 0 Å². The average molecular weight is 436 g/mol. The number of ether oxygens (including phenoxy) is 1. The first-order valence-electron chi connectivity index (χ1n) is 9.44. The van der Waals surface area contributed by atoms with Crippen LogP contribution in [0.5, 0.6) is 5.75 Å². The Morgan fingerprint density at radius 2 is 1.90 bits per heavy atom. The minimum atomic E-state index is -0.286.